The number of aromatic nitrogens is 1. The zero-order valence-corrected chi connectivity index (χ0v) is 10.8. The minimum Gasteiger partial charge on any atom is -0.384 e. The molecule has 17 heavy (non-hydrogen) atoms. The van der Waals surface area contributed by atoms with E-state index in [9.17, 15) is 0 Å². The molecule has 4 nitrogen and oxygen atoms in total. The Kier molecular flexibility index (Phi) is 3.24. The van der Waals surface area contributed by atoms with Crippen LogP contribution in [0.1, 0.15) is 19.4 Å². The van der Waals surface area contributed by atoms with E-state index in [1.54, 1.807) is 12.3 Å². The number of rotatable bonds is 2. The summed E-state index contributed by atoms with van der Waals surface area (Å²) in [6.07, 6.45) is 1.66. The molecule has 3 N–H and O–H groups in total. The first kappa shape index (κ1) is 12.2. The summed E-state index contributed by atoms with van der Waals surface area (Å²) in [6.45, 7) is 6.37. The summed E-state index contributed by atoms with van der Waals surface area (Å²) in [5.74, 6) is 2.00. The highest BCUT2D eigenvalue weighted by atomic mass is 35.5. The molecule has 5 heteroatoms. The number of hydrogen-bond acceptors (Lipinski definition) is 3. The fourth-order valence-electron chi connectivity index (χ4n) is 2.16. The molecular weight excluding hydrogens is 236 g/mol. The van der Waals surface area contributed by atoms with Crippen LogP contribution in [0, 0.1) is 17.2 Å². The summed E-state index contributed by atoms with van der Waals surface area (Å²) in [4.78, 5) is 6.48. The second-order valence-corrected chi connectivity index (χ2v) is 5.15. The second kappa shape index (κ2) is 4.53. The standard InChI is InChI=1S/C12H17ClN4/c1-7-5-17(6-8(7)2)12-10(13)9(11(14)15)3-4-16-12/h3-4,7-8H,5-6H2,1-2H3,(H3,14,15). The first-order chi connectivity index (χ1) is 8.00. The number of nitrogens with one attached hydrogen (secondary N) is 1. The number of nitrogens with zero attached hydrogens (tertiary/aromatic N) is 2. The molecule has 2 heterocycles. The van der Waals surface area contributed by atoms with Crippen molar-refractivity contribution in [3.63, 3.8) is 0 Å². The van der Waals surface area contributed by atoms with Crippen LogP contribution in [0.25, 0.3) is 0 Å². The van der Waals surface area contributed by atoms with Crippen LogP contribution in [0.15, 0.2) is 12.3 Å². The molecule has 1 aromatic rings. The molecule has 2 atom stereocenters. The lowest BCUT2D eigenvalue weighted by Gasteiger charge is -2.19. The van der Waals surface area contributed by atoms with E-state index >= 15 is 0 Å². The summed E-state index contributed by atoms with van der Waals surface area (Å²) in [5.41, 5.74) is 6.05. The summed E-state index contributed by atoms with van der Waals surface area (Å²) in [5, 5.41) is 7.96. The monoisotopic (exact) mass is 252 g/mol. The average Bonchev–Trinajstić information content (AvgIpc) is 2.59. The maximum Gasteiger partial charge on any atom is 0.148 e. The normalized spacial score (nSPS) is 24.1. The van der Waals surface area contributed by atoms with Crippen molar-refractivity contribution < 1.29 is 0 Å². The number of halogens is 1. The summed E-state index contributed by atoms with van der Waals surface area (Å²) >= 11 is 6.25. The topological polar surface area (TPSA) is 66.0 Å². The van der Waals surface area contributed by atoms with Crippen LogP contribution in [-0.4, -0.2) is 23.9 Å². The number of hydrogen-bond donors (Lipinski definition) is 2. The quantitative estimate of drug-likeness (QED) is 0.626. The van der Waals surface area contributed by atoms with Crippen LogP contribution in [0.2, 0.25) is 5.02 Å². The molecule has 2 unspecified atom stereocenters. The molecule has 0 aromatic carbocycles. The predicted molar refractivity (Wildman–Crippen MR) is 70.8 cm³/mol. The van der Waals surface area contributed by atoms with Crippen molar-refractivity contribution in [2.75, 3.05) is 18.0 Å². The van der Waals surface area contributed by atoms with Crippen LogP contribution in [0.5, 0.6) is 0 Å². The molecule has 0 radical (unpaired) electrons. The molecule has 0 spiro atoms. The van der Waals surface area contributed by atoms with Gasteiger partial charge in [-0.1, -0.05) is 25.4 Å². The number of anilines is 1. The number of nitrogen functional groups attached to an aromatic ring is 1. The number of amidine groups is 1. The van der Waals surface area contributed by atoms with Gasteiger partial charge < -0.3 is 10.6 Å². The van der Waals surface area contributed by atoms with Crippen molar-refractivity contribution in [2.24, 2.45) is 17.6 Å². The Balaban J connectivity index is 2.34. The van der Waals surface area contributed by atoms with Crippen LogP contribution >= 0.6 is 11.6 Å². The molecular formula is C12H17ClN4. The maximum absolute atomic E-state index is 7.47. The van der Waals surface area contributed by atoms with E-state index in [4.69, 9.17) is 22.7 Å². The maximum atomic E-state index is 7.47. The molecule has 0 bridgehead atoms. The lowest BCUT2D eigenvalue weighted by Crippen LogP contribution is -2.22. The van der Waals surface area contributed by atoms with Crippen LogP contribution in [-0.2, 0) is 0 Å². The third-order valence-corrected chi connectivity index (χ3v) is 3.82. The molecule has 0 saturated carbocycles. The summed E-state index contributed by atoms with van der Waals surface area (Å²) < 4.78 is 0. The minimum atomic E-state index is -0.0149. The molecule has 1 aliphatic rings. The fraction of sp³-hybridized carbons (Fsp3) is 0.500. The van der Waals surface area contributed by atoms with Crippen molar-refractivity contribution in [2.45, 2.75) is 13.8 Å². The molecule has 0 amide bonds. The molecule has 0 aliphatic carbocycles. The van der Waals surface area contributed by atoms with E-state index in [1.165, 1.54) is 0 Å². The van der Waals surface area contributed by atoms with Crippen LogP contribution < -0.4 is 10.6 Å². The van der Waals surface area contributed by atoms with E-state index in [2.05, 4.69) is 23.7 Å². The van der Waals surface area contributed by atoms with Gasteiger partial charge in [0.05, 0.1) is 5.02 Å². The van der Waals surface area contributed by atoms with Crippen molar-refractivity contribution >= 4 is 23.3 Å². The van der Waals surface area contributed by atoms with E-state index in [-0.39, 0.29) is 5.84 Å². The highest BCUT2D eigenvalue weighted by Crippen LogP contribution is 2.32. The van der Waals surface area contributed by atoms with Crippen molar-refractivity contribution in [1.82, 2.24) is 4.98 Å². The zero-order valence-electron chi connectivity index (χ0n) is 10.1. The van der Waals surface area contributed by atoms with Crippen molar-refractivity contribution in [3.05, 3.63) is 22.8 Å². The Morgan fingerprint density at radius 1 is 1.47 bits per heavy atom. The van der Waals surface area contributed by atoms with Crippen molar-refractivity contribution in [3.8, 4) is 0 Å². The fourth-order valence-corrected chi connectivity index (χ4v) is 2.50. The Morgan fingerprint density at radius 3 is 2.59 bits per heavy atom. The lowest BCUT2D eigenvalue weighted by molar-refractivity contribution is 0.494. The third-order valence-electron chi connectivity index (χ3n) is 3.45. The van der Waals surface area contributed by atoms with E-state index in [1.807, 2.05) is 0 Å². The van der Waals surface area contributed by atoms with Crippen LogP contribution in [0.4, 0.5) is 5.82 Å². The highest BCUT2D eigenvalue weighted by Gasteiger charge is 2.28. The van der Waals surface area contributed by atoms with Gasteiger partial charge in [-0.05, 0) is 17.9 Å². The molecule has 1 aliphatic heterocycles. The Morgan fingerprint density at radius 2 is 2.06 bits per heavy atom. The Labute approximate surface area is 106 Å². The van der Waals surface area contributed by atoms with Gasteiger partial charge in [0, 0.05) is 24.8 Å². The Hall–Kier alpha value is -1.29. The zero-order chi connectivity index (χ0) is 12.6. The van der Waals surface area contributed by atoms with Gasteiger partial charge in [0.2, 0.25) is 0 Å². The second-order valence-electron chi connectivity index (χ2n) is 4.77. The first-order valence-electron chi connectivity index (χ1n) is 5.74. The molecule has 1 fully saturated rings. The van der Waals surface area contributed by atoms with Gasteiger partial charge in [0.15, 0.2) is 0 Å². The smallest absolute Gasteiger partial charge is 0.148 e. The molecule has 1 aromatic heterocycles. The van der Waals surface area contributed by atoms with Gasteiger partial charge in [0.1, 0.15) is 11.7 Å². The van der Waals surface area contributed by atoms with Crippen LogP contribution in [0.3, 0.4) is 0 Å². The molecule has 92 valence electrons. The predicted octanol–water partition coefficient (Wildman–Crippen LogP) is 2.11. The number of nitrogens with two attached hydrogens (primary N) is 1. The SMILES string of the molecule is CC1CN(c2nccc(C(=N)N)c2Cl)CC1C. The van der Waals surface area contributed by atoms with Gasteiger partial charge in [-0.3, -0.25) is 5.41 Å². The summed E-state index contributed by atoms with van der Waals surface area (Å²) in [7, 11) is 0. The van der Waals surface area contributed by atoms with Crippen molar-refractivity contribution in [1.29, 1.82) is 5.41 Å². The van der Waals surface area contributed by atoms with E-state index in [0.717, 1.165) is 18.9 Å². The summed E-state index contributed by atoms with van der Waals surface area (Å²) in [6, 6.07) is 1.68. The number of pyridine rings is 1. The average molecular weight is 253 g/mol. The van der Waals surface area contributed by atoms with Gasteiger partial charge in [-0.15, -0.1) is 0 Å². The van der Waals surface area contributed by atoms with Gasteiger partial charge >= 0.3 is 0 Å². The molecule has 1 saturated heterocycles. The van der Waals surface area contributed by atoms with E-state index in [0.29, 0.717) is 22.4 Å². The third kappa shape index (κ3) is 2.22. The largest absolute Gasteiger partial charge is 0.384 e. The molecule has 2 rings (SSSR count). The van der Waals surface area contributed by atoms with E-state index < -0.39 is 0 Å². The Bertz CT molecular complexity index is 436. The minimum absolute atomic E-state index is 0.0149. The van der Waals surface area contributed by atoms with Gasteiger partial charge in [-0.2, -0.15) is 0 Å². The lowest BCUT2D eigenvalue weighted by atomic mass is 10.0. The van der Waals surface area contributed by atoms with Gasteiger partial charge in [-0.25, -0.2) is 4.98 Å². The first-order valence-corrected chi connectivity index (χ1v) is 6.12. The highest BCUT2D eigenvalue weighted by molar-refractivity contribution is 6.36. The van der Waals surface area contributed by atoms with Gasteiger partial charge in [0.25, 0.3) is 0 Å².